The van der Waals surface area contributed by atoms with Crippen molar-refractivity contribution in [2.45, 2.75) is 56.8 Å². The van der Waals surface area contributed by atoms with Gasteiger partial charge in [0.1, 0.15) is 11.3 Å². The Bertz CT molecular complexity index is 288. The molecule has 86 valence electrons. The molecular weight excluding hydrogens is 197 g/mol. The van der Waals surface area contributed by atoms with Crippen molar-refractivity contribution in [2.75, 3.05) is 7.05 Å². The Morgan fingerprint density at radius 2 is 1.80 bits per heavy atom. The zero-order valence-corrected chi connectivity index (χ0v) is 9.76. The Labute approximate surface area is 89.6 Å². The Kier molecular flexibility index (Phi) is 1.90. The van der Waals surface area contributed by atoms with E-state index in [1.807, 2.05) is 20.8 Å². The van der Waals surface area contributed by atoms with Crippen molar-refractivity contribution in [2.24, 2.45) is 0 Å². The maximum absolute atomic E-state index is 13.3. The maximum Gasteiger partial charge on any atom is 0.410 e. The first kappa shape index (κ1) is 10.7. The van der Waals surface area contributed by atoms with Gasteiger partial charge in [-0.2, -0.15) is 0 Å². The van der Waals surface area contributed by atoms with E-state index in [1.165, 1.54) is 0 Å². The number of nitrogens with zero attached hydrogens (tertiary/aromatic N) is 1. The number of amides is 1. The van der Waals surface area contributed by atoms with Crippen LogP contribution in [0.25, 0.3) is 0 Å². The van der Waals surface area contributed by atoms with Crippen LogP contribution in [0.1, 0.15) is 40.0 Å². The van der Waals surface area contributed by atoms with Crippen LogP contribution in [0.3, 0.4) is 0 Å². The van der Waals surface area contributed by atoms with Crippen LogP contribution in [-0.2, 0) is 4.74 Å². The molecule has 0 aromatic heterocycles. The molecule has 0 unspecified atom stereocenters. The Morgan fingerprint density at radius 3 is 2.13 bits per heavy atom. The Morgan fingerprint density at radius 1 is 1.33 bits per heavy atom. The number of carbonyl (C=O) groups excluding carboxylic acids is 1. The van der Waals surface area contributed by atoms with Crippen molar-refractivity contribution >= 4 is 6.09 Å². The first-order valence-corrected chi connectivity index (χ1v) is 5.32. The van der Waals surface area contributed by atoms with Crippen molar-refractivity contribution in [1.82, 2.24) is 4.90 Å². The second kappa shape index (κ2) is 2.66. The maximum atomic E-state index is 13.3. The third kappa shape index (κ3) is 1.60. The van der Waals surface area contributed by atoms with Crippen LogP contribution >= 0.6 is 0 Å². The van der Waals surface area contributed by atoms with Gasteiger partial charge in [-0.15, -0.1) is 0 Å². The van der Waals surface area contributed by atoms with Gasteiger partial charge in [-0.1, -0.05) is 0 Å². The molecule has 3 nitrogen and oxygen atoms in total. The first-order chi connectivity index (χ1) is 6.66. The lowest BCUT2D eigenvalue weighted by Gasteiger charge is -2.68. The highest BCUT2D eigenvalue weighted by molar-refractivity contribution is 5.70. The average molecular weight is 215 g/mol. The van der Waals surface area contributed by atoms with Crippen LogP contribution in [0.15, 0.2) is 0 Å². The average Bonchev–Trinajstić information content (AvgIpc) is 1.92. The van der Waals surface area contributed by atoms with E-state index in [2.05, 4.69) is 0 Å². The summed E-state index contributed by atoms with van der Waals surface area (Å²) in [6.07, 6.45) is 1.10. The molecule has 4 heteroatoms. The highest BCUT2D eigenvalue weighted by atomic mass is 19.1. The van der Waals surface area contributed by atoms with Gasteiger partial charge in [0.2, 0.25) is 0 Å². The Balaban J connectivity index is 1.92. The number of halogens is 1. The molecule has 0 aromatic rings. The fourth-order valence-corrected chi connectivity index (χ4v) is 2.49. The molecule has 1 amide bonds. The van der Waals surface area contributed by atoms with Gasteiger partial charge in [-0.05, 0) is 20.8 Å². The molecule has 0 heterocycles. The molecule has 0 radical (unpaired) electrons. The van der Waals surface area contributed by atoms with Gasteiger partial charge in [0.15, 0.2) is 0 Å². The fraction of sp³-hybridized carbons (Fsp3) is 0.909. The van der Waals surface area contributed by atoms with Crippen LogP contribution < -0.4 is 0 Å². The topological polar surface area (TPSA) is 29.5 Å². The molecule has 3 rings (SSSR count). The minimum absolute atomic E-state index is 0.239. The predicted octanol–water partition coefficient (Wildman–Crippen LogP) is 2.50. The van der Waals surface area contributed by atoms with Crippen LogP contribution in [0.5, 0.6) is 0 Å². The van der Waals surface area contributed by atoms with Crippen LogP contribution in [0.2, 0.25) is 0 Å². The van der Waals surface area contributed by atoms with Crippen molar-refractivity contribution in [3.8, 4) is 0 Å². The second-order valence-electron chi connectivity index (χ2n) is 5.94. The Hall–Kier alpha value is -0.800. The number of hydrogen-bond donors (Lipinski definition) is 0. The highest BCUT2D eigenvalue weighted by Crippen LogP contribution is 2.65. The van der Waals surface area contributed by atoms with E-state index in [1.54, 1.807) is 11.9 Å². The highest BCUT2D eigenvalue weighted by Gasteiger charge is 2.72. The molecule has 0 aliphatic heterocycles. The molecule has 0 atom stereocenters. The number of rotatable bonds is 1. The van der Waals surface area contributed by atoms with Crippen molar-refractivity contribution < 1.29 is 13.9 Å². The van der Waals surface area contributed by atoms with Crippen molar-refractivity contribution in [3.05, 3.63) is 0 Å². The number of carbonyl (C=O) groups is 1. The normalized spacial score (nSPS) is 37.7. The smallest absolute Gasteiger partial charge is 0.410 e. The zero-order valence-electron chi connectivity index (χ0n) is 9.76. The monoisotopic (exact) mass is 215 g/mol. The summed E-state index contributed by atoms with van der Waals surface area (Å²) in [6.45, 7) is 5.49. The largest absolute Gasteiger partial charge is 0.444 e. The van der Waals surface area contributed by atoms with Crippen LogP contribution in [-0.4, -0.2) is 34.8 Å². The fourth-order valence-electron chi connectivity index (χ4n) is 2.49. The number of hydrogen-bond acceptors (Lipinski definition) is 2. The van der Waals surface area contributed by atoms with E-state index in [-0.39, 0.29) is 11.6 Å². The van der Waals surface area contributed by atoms with E-state index in [9.17, 15) is 9.18 Å². The summed E-state index contributed by atoms with van der Waals surface area (Å²) < 4.78 is 18.5. The van der Waals surface area contributed by atoms with E-state index in [4.69, 9.17) is 4.74 Å². The summed E-state index contributed by atoms with van der Waals surface area (Å²) >= 11 is 0. The molecule has 15 heavy (non-hydrogen) atoms. The van der Waals surface area contributed by atoms with Gasteiger partial charge < -0.3 is 9.64 Å². The molecule has 0 N–H and O–H groups in total. The van der Waals surface area contributed by atoms with E-state index in [0.29, 0.717) is 19.3 Å². The molecule has 3 saturated carbocycles. The summed E-state index contributed by atoms with van der Waals surface area (Å²) in [5.74, 6) is 0. The summed E-state index contributed by atoms with van der Waals surface area (Å²) in [6, 6.07) is 0. The standard InChI is InChI=1S/C11H18FNO2/c1-9(2,3)15-8(14)13(4)11-5-10(12,6-11)7-11/h5-7H2,1-4H3. The van der Waals surface area contributed by atoms with Gasteiger partial charge in [0.05, 0.1) is 5.54 Å². The zero-order chi connectivity index (χ0) is 11.5. The third-order valence-corrected chi connectivity index (χ3v) is 3.32. The summed E-state index contributed by atoms with van der Waals surface area (Å²) in [5.41, 5.74) is -1.70. The third-order valence-electron chi connectivity index (χ3n) is 3.32. The molecule has 3 aliphatic rings. The second-order valence-corrected chi connectivity index (χ2v) is 5.94. The van der Waals surface area contributed by atoms with Gasteiger partial charge in [-0.3, -0.25) is 0 Å². The molecular formula is C11H18FNO2. The lowest BCUT2D eigenvalue weighted by Crippen LogP contribution is -2.77. The molecule has 0 saturated heterocycles. The summed E-state index contributed by atoms with van der Waals surface area (Å²) in [4.78, 5) is 13.3. The van der Waals surface area contributed by atoms with E-state index < -0.39 is 11.3 Å². The SMILES string of the molecule is CN(C(=O)OC(C)(C)C)C12CC(F)(C1)C2. The van der Waals surface area contributed by atoms with Crippen molar-refractivity contribution in [3.63, 3.8) is 0 Å². The molecule has 3 aliphatic carbocycles. The number of alkyl halides is 1. The molecule has 3 fully saturated rings. The van der Waals surface area contributed by atoms with Gasteiger partial charge >= 0.3 is 6.09 Å². The van der Waals surface area contributed by atoms with Gasteiger partial charge in [0, 0.05) is 26.3 Å². The van der Waals surface area contributed by atoms with E-state index in [0.717, 1.165) is 0 Å². The van der Waals surface area contributed by atoms with Gasteiger partial charge in [0.25, 0.3) is 0 Å². The quantitative estimate of drug-likeness (QED) is 0.672. The lowest BCUT2D eigenvalue weighted by atomic mass is 9.47. The van der Waals surface area contributed by atoms with Gasteiger partial charge in [-0.25, -0.2) is 9.18 Å². The molecule has 0 aromatic carbocycles. The van der Waals surface area contributed by atoms with E-state index >= 15 is 0 Å². The number of ether oxygens (including phenoxy) is 1. The minimum Gasteiger partial charge on any atom is -0.444 e. The summed E-state index contributed by atoms with van der Waals surface area (Å²) in [5, 5.41) is 0. The summed E-state index contributed by atoms with van der Waals surface area (Å²) in [7, 11) is 1.70. The minimum atomic E-state index is -0.976. The van der Waals surface area contributed by atoms with Crippen LogP contribution in [0, 0.1) is 0 Å². The molecule has 2 bridgehead atoms. The van der Waals surface area contributed by atoms with Crippen LogP contribution in [0.4, 0.5) is 9.18 Å². The first-order valence-electron chi connectivity index (χ1n) is 5.32. The molecule has 0 spiro atoms. The lowest BCUT2D eigenvalue weighted by molar-refractivity contribution is -0.212. The van der Waals surface area contributed by atoms with Crippen molar-refractivity contribution in [1.29, 1.82) is 0 Å². The predicted molar refractivity (Wildman–Crippen MR) is 54.4 cm³/mol.